The topological polar surface area (TPSA) is 50.9 Å². The van der Waals surface area contributed by atoms with Gasteiger partial charge in [0.2, 0.25) is 0 Å². The van der Waals surface area contributed by atoms with Crippen LogP contribution in [0.4, 0.5) is 0 Å². The Labute approximate surface area is 121 Å². The molecule has 4 nitrogen and oxygen atoms in total. The third kappa shape index (κ3) is 7.59. The SMILES string of the molecule is C=C(C)COCCN=C(N)N1CCCCC1.I. The monoisotopic (exact) mass is 353 g/mol. The first-order valence-electron chi connectivity index (χ1n) is 5.97. The summed E-state index contributed by atoms with van der Waals surface area (Å²) in [5.41, 5.74) is 6.93. The normalized spacial score (nSPS) is 16.5. The highest BCUT2D eigenvalue weighted by atomic mass is 127. The van der Waals surface area contributed by atoms with Gasteiger partial charge in [-0.25, -0.2) is 0 Å². The van der Waals surface area contributed by atoms with E-state index in [0.29, 0.717) is 25.7 Å². The number of halogens is 1. The van der Waals surface area contributed by atoms with Gasteiger partial charge in [0.15, 0.2) is 5.96 Å². The first-order chi connectivity index (χ1) is 7.70. The molecule has 1 fully saturated rings. The molecule has 0 aromatic rings. The van der Waals surface area contributed by atoms with Crippen molar-refractivity contribution in [1.29, 1.82) is 0 Å². The molecule has 5 heteroatoms. The van der Waals surface area contributed by atoms with E-state index in [1.54, 1.807) is 0 Å². The highest BCUT2D eigenvalue weighted by Crippen LogP contribution is 2.07. The molecular weight excluding hydrogens is 329 g/mol. The van der Waals surface area contributed by atoms with Crippen molar-refractivity contribution < 1.29 is 4.74 Å². The standard InChI is InChI=1S/C12H23N3O.HI/c1-11(2)10-16-9-6-14-12(13)15-7-4-3-5-8-15;/h1,3-10H2,2H3,(H2,13,14);1H. The predicted octanol–water partition coefficient (Wildman–Crippen LogP) is 2.00. The van der Waals surface area contributed by atoms with Crippen LogP contribution in [0, 0.1) is 0 Å². The molecule has 1 rings (SSSR count). The number of hydrogen-bond acceptors (Lipinski definition) is 2. The molecule has 1 aliphatic heterocycles. The number of ether oxygens (including phenoxy) is 1. The van der Waals surface area contributed by atoms with Crippen LogP contribution in [0.25, 0.3) is 0 Å². The van der Waals surface area contributed by atoms with Crippen LogP contribution < -0.4 is 5.73 Å². The van der Waals surface area contributed by atoms with E-state index in [9.17, 15) is 0 Å². The van der Waals surface area contributed by atoms with Crippen molar-refractivity contribution in [2.45, 2.75) is 26.2 Å². The van der Waals surface area contributed by atoms with Crippen LogP contribution in [-0.4, -0.2) is 43.7 Å². The molecule has 2 N–H and O–H groups in total. The minimum atomic E-state index is 0. The highest BCUT2D eigenvalue weighted by molar-refractivity contribution is 14.0. The molecule has 0 spiro atoms. The minimum absolute atomic E-state index is 0. The van der Waals surface area contributed by atoms with Gasteiger partial charge >= 0.3 is 0 Å². The Balaban J connectivity index is 0.00000256. The molecule has 0 atom stereocenters. The van der Waals surface area contributed by atoms with Crippen LogP contribution in [-0.2, 0) is 4.74 Å². The third-order valence-corrected chi connectivity index (χ3v) is 2.54. The number of guanidine groups is 1. The fraction of sp³-hybridized carbons (Fsp3) is 0.750. The van der Waals surface area contributed by atoms with Crippen molar-refractivity contribution in [3.63, 3.8) is 0 Å². The average molecular weight is 353 g/mol. The summed E-state index contributed by atoms with van der Waals surface area (Å²) >= 11 is 0. The van der Waals surface area contributed by atoms with E-state index in [4.69, 9.17) is 10.5 Å². The van der Waals surface area contributed by atoms with E-state index in [1.807, 2.05) is 6.92 Å². The highest BCUT2D eigenvalue weighted by Gasteiger charge is 2.11. The molecule has 1 saturated heterocycles. The maximum Gasteiger partial charge on any atom is 0.191 e. The fourth-order valence-corrected chi connectivity index (χ4v) is 1.69. The molecule has 1 heterocycles. The number of nitrogens with zero attached hydrogens (tertiary/aromatic N) is 2. The number of likely N-dealkylation sites (tertiary alicyclic amines) is 1. The zero-order valence-electron chi connectivity index (χ0n) is 10.7. The lowest BCUT2D eigenvalue weighted by Crippen LogP contribution is -2.41. The summed E-state index contributed by atoms with van der Waals surface area (Å²) < 4.78 is 5.35. The predicted molar refractivity (Wildman–Crippen MR) is 83.0 cm³/mol. The molecule has 0 aromatic carbocycles. The summed E-state index contributed by atoms with van der Waals surface area (Å²) in [4.78, 5) is 6.47. The van der Waals surface area contributed by atoms with Gasteiger partial charge in [-0.05, 0) is 26.2 Å². The van der Waals surface area contributed by atoms with Crippen molar-refractivity contribution in [3.8, 4) is 0 Å². The molecule has 17 heavy (non-hydrogen) atoms. The zero-order valence-corrected chi connectivity index (χ0v) is 13.0. The van der Waals surface area contributed by atoms with Crippen molar-refractivity contribution in [1.82, 2.24) is 4.90 Å². The molecule has 0 aromatic heterocycles. The lowest BCUT2D eigenvalue weighted by molar-refractivity contribution is 0.164. The second-order valence-corrected chi connectivity index (χ2v) is 4.30. The van der Waals surface area contributed by atoms with Gasteiger partial charge in [0.1, 0.15) is 0 Å². The summed E-state index contributed by atoms with van der Waals surface area (Å²) in [5, 5.41) is 0. The van der Waals surface area contributed by atoms with Crippen molar-refractivity contribution >= 4 is 29.9 Å². The number of hydrogen-bond donors (Lipinski definition) is 1. The zero-order chi connectivity index (χ0) is 11.8. The van der Waals surface area contributed by atoms with Gasteiger partial charge in [0, 0.05) is 13.1 Å². The van der Waals surface area contributed by atoms with Gasteiger partial charge < -0.3 is 15.4 Å². The Hall–Kier alpha value is -0.300. The van der Waals surface area contributed by atoms with Gasteiger partial charge in [-0.15, -0.1) is 24.0 Å². The number of rotatable bonds is 5. The molecule has 0 bridgehead atoms. The van der Waals surface area contributed by atoms with Gasteiger partial charge in [0.25, 0.3) is 0 Å². The maximum absolute atomic E-state index is 5.89. The van der Waals surface area contributed by atoms with Crippen molar-refractivity contribution in [2.24, 2.45) is 10.7 Å². The second kappa shape index (κ2) is 9.70. The van der Waals surface area contributed by atoms with E-state index in [2.05, 4.69) is 16.5 Å². The lowest BCUT2D eigenvalue weighted by atomic mass is 10.1. The average Bonchev–Trinajstić information content (AvgIpc) is 2.29. The number of piperidine rings is 1. The van der Waals surface area contributed by atoms with Gasteiger partial charge in [0.05, 0.1) is 19.8 Å². The van der Waals surface area contributed by atoms with Crippen LogP contribution in [0.1, 0.15) is 26.2 Å². The molecule has 0 aliphatic carbocycles. The van der Waals surface area contributed by atoms with Gasteiger partial charge in [-0.3, -0.25) is 4.99 Å². The Bertz CT molecular complexity index is 250. The van der Waals surface area contributed by atoms with Crippen LogP contribution in [0.15, 0.2) is 17.1 Å². The molecule has 0 saturated carbocycles. The molecule has 0 amide bonds. The lowest BCUT2D eigenvalue weighted by Gasteiger charge is -2.27. The van der Waals surface area contributed by atoms with E-state index in [1.165, 1.54) is 19.3 Å². The molecule has 100 valence electrons. The third-order valence-electron chi connectivity index (χ3n) is 2.54. The molecular formula is C12H24IN3O. The Morgan fingerprint density at radius 3 is 2.59 bits per heavy atom. The van der Waals surface area contributed by atoms with Crippen LogP contribution in [0.2, 0.25) is 0 Å². The molecule has 0 radical (unpaired) electrons. The van der Waals surface area contributed by atoms with E-state index < -0.39 is 0 Å². The van der Waals surface area contributed by atoms with E-state index >= 15 is 0 Å². The molecule has 1 aliphatic rings. The van der Waals surface area contributed by atoms with Crippen LogP contribution >= 0.6 is 24.0 Å². The summed E-state index contributed by atoms with van der Waals surface area (Å²) in [7, 11) is 0. The van der Waals surface area contributed by atoms with Gasteiger partial charge in [-0.2, -0.15) is 0 Å². The number of nitrogens with two attached hydrogens (primary N) is 1. The summed E-state index contributed by atoms with van der Waals surface area (Å²) in [6.07, 6.45) is 3.76. The van der Waals surface area contributed by atoms with Crippen molar-refractivity contribution in [2.75, 3.05) is 32.8 Å². The Kier molecular flexibility index (Phi) is 9.53. The minimum Gasteiger partial charge on any atom is -0.375 e. The first kappa shape index (κ1) is 16.7. The first-order valence-corrected chi connectivity index (χ1v) is 5.97. The summed E-state index contributed by atoms with van der Waals surface area (Å²) in [6, 6.07) is 0. The fourth-order valence-electron chi connectivity index (χ4n) is 1.69. The van der Waals surface area contributed by atoms with E-state index in [-0.39, 0.29) is 24.0 Å². The maximum atomic E-state index is 5.89. The largest absolute Gasteiger partial charge is 0.375 e. The van der Waals surface area contributed by atoms with Crippen molar-refractivity contribution in [3.05, 3.63) is 12.2 Å². The summed E-state index contributed by atoms with van der Waals surface area (Å²) in [5.74, 6) is 0.665. The smallest absolute Gasteiger partial charge is 0.191 e. The Morgan fingerprint density at radius 2 is 2.00 bits per heavy atom. The number of aliphatic imine (C=N–C) groups is 1. The van der Waals surface area contributed by atoms with Gasteiger partial charge in [-0.1, -0.05) is 12.2 Å². The Morgan fingerprint density at radius 1 is 1.35 bits per heavy atom. The van der Waals surface area contributed by atoms with Crippen LogP contribution in [0.5, 0.6) is 0 Å². The second-order valence-electron chi connectivity index (χ2n) is 4.30. The summed E-state index contributed by atoms with van der Waals surface area (Å²) in [6.45, 7) is 9.66. The van der Waals surface area contributed by atoms with E-state index in [0.717, 1.165) is 18.7 Å². The quantitative estimate of drug-likeness (QED) is 0.270. The van der Waals surface area contributed by atoms with Crippen LogP contribution in [0.3, 0.4) is 0 Å². The molecule has 0 unspecified atom stereocenters.